The Balaban J connectivity index is 2.45. The minimum Gasteiger partial charge on any atom is -0.480 e. The highest BCUT2D eigenvalue weighted by molar-refractivity contribution is 7.98. The first-order valence-electron chi connectivity index (χ1n) is 6.32. The van der Waals surface area contributed by atoms with Gasteiger partial charge in [-0.3, -0.25) is 14.5 Å². The van der Waals surface area contributed by atoms with Gasteiger partial charge in [0, 0.05) is 19.5 Å². The van der Waals surface area contributed by atoms with E-state index in [1.165, 1.54) is 0 Å². The van der Waals surface area contributed by atoms with E-state index in [-0.39, 0.29) is 18.5 Å². The number of carboxylic acid groups (broad SMARTS) is 1. The first-order valence-corrected chi connectivity index (χ1v) is 7.72. The van der Waals surface area contributed by atoms with E-state index in [2.05, 4.69) is 0 Å². The summed E-state index contributed by atoms with van der Waals surface area (Å²) >= 11 is 1.71. The minimum atomic E-state index is -0.931. The average Bonchev–Trinajstić information content (AvgIpc) is 2.71. The van der Waals surface area contributed by atoms with Crippen LogP contribution in [0.5, 0.6) is 0 Å². The predicted molar refractivity (Wildman–Crippen MR) is 74.3 cm³/mol. The normalized spacial score (nSPS) is 23.1. The quantitative estimate of drug-likeness (QED) is 0.628. The molecule has 110 valence electrons. The van der Waals surface area contributed by atoms with Crippen molar-refractivity contribution in [3.8, 4) is 0 Å². The number of carboxylic acids is 1. The number of aliphatic carboxylic acids is 1. The van der Waals surface area contributed by atoms with Crippen molar-refractivity contribution in [1.82, 2.24) is 9.80 Å². The van der Waals surface area contributed by atoms with Gasteiger partial charge in [0.05, 0.1) is 18.7 Å². The molecule has 1 rings (SSSR count). The molecular formula is C12H22N2O4S. The SMILES string of the molecule is CSCCCC(=O)N1CC(N(C)CC(=O)O)[C@H](O)C1. The zero-order chi connectivity index (χ0) is 14.4. The first kappa shape index (κ1) is 16.3. The second-order valence-electron chi connectivity index (χ2n) is 4.84. The number of amides is 1. The van der Waals surface area contributed by atoms with Crippen LogP contribution in [0.25, 0.3) is 0 Å². The summed E-state index contributed by atoms with van der Waals surface area (Å²) in [5.74, 6) is 0.0589. The largest absolute Gasteiger partial charge is 0.480 e. The molecular weight excluding hydrogens is 268 g/mol. The number of likely N-dealkylation sites (tertiary alicyclic amines) is 1. The molecule has 1 heterocycles. The highest BCUT2D eigenvalue weighted by atomic mass is 32.2. The highest BCUT2D eigenvalue weighted by Crippen LogP contribution is 2.17. The minimum absolute atomic E-state index is 0.0410. The Morgan fingerprint density at radius 3 is 2.68 bits per heavy atom. The fourth-order valence-corrected chi connectivity index (χ4v) is 2.70. The second kappa shape index (κ2) is 7.72. The van der Waals surface area contributed by atoms with Gasteiger partial charge in [-0.15, -0.1) is 0 Å². The molecule has 19 heavy (non-hydrogen) atoms. The average molecular weight is 290 g/mol. The number of nitrogens with zero attached hydrogens (tertiary/aromatic N) is 2. The first-order chi connectivity index (χ1) is 8.95. The van der Waals surface area contributed by atoms with Crippen LogP contribution >= 0.6 is 11.8 Å². The van der Waals surface area contributed by atoms with Crippen molar-refractivity contribution in [2.24, 2.45) is 0 Å². The van der Waals surface area contributed by atoms with Crippen LogP contribution in [-0.2, 0) is 9.59 Å². The molecule has 1 fully saturated rings. The van der Waals surface area contributed by atoms with Gasteiger partial charge in [0.15, 0.2) is 0 Å². The lowest BCUT2D eigenvalue weighted by Crippen LogP contribution is -2.43. The summed E-state index contributed by atoms with van der Waals surface area (Å²) in [5.41, 5.74) is 0. The summed E-state index contributed by atoms with van der Waals surface area (Å²) in [6.45, 7) is 0.575. The Morgan fingerprint density at radius 1 is 1.42 bits per heavy atom. The van der Waals surface area contributed by atoms with Crippen LogP contribution in [0.3, 0.4) is 0 Å². The number of β-amino-alcohol motifs (C(OH)–C–C–N with tert-alkyl or cyclic N) is 1. The molecule has 0 aromatic rings. The molecule has 1 saturated heterocycles. The summed E-state index contributed by atoms with van der Waals surface area (Å²) in [6, 6.07) is -0.291. The van der Waals surface area contributed by atoms with Gasteiger partial charge in [-0.2, -0.15) is 11.8 Å². The lowest BCUT2D eigenvalue weighted by atomic mass is 10.2. The fourth-order valence-electron chi connectivity index (χ4n) is 2.26. The maximum Gasteiger partial charge on any atom is 0.317 e. The number of aliphatic hydroxyl groups excluding tert-OH is 1. The van der Waals surface area contributed by atoms with E-state index in [4.69, 9.17) is 5.11 Å². The van der Waals surface area contributed by atoms with E-state index in [1.807, 2.05) is 6.26 Å². The molecule has 1 amide bonds. The van der Waals surface area contributed by atoms with Gasteiger partial charge in [0.25, 0.3) is 0 Å². The molecule has 0 aromatic carbocycles. The molecule has 0 aromatic heterocycles. The Morgan fingerprint density at radius 2 is 2.11 bits per heavy atom. The summed E-state index contributed by atoms with van der Waals surface area (Å²) in [5, 5.41) is 18.7. The monoisotopic (exact) mass is 290 g/mol. The van der Waals surface area contributed by atoms with Crippen molar-refractivity contribution in [3.63, 3.8) is 0 Å². The molecule has 0 saturated carbocycles. The molecule has 1 unspecified atom stereocenters. The van der Waals surface area contributed by atoms with Crippen LogP contribution in [0, 0.1) is 0 Å². The molecule has 2 atom stereocenters. The van der Waals surface area contributed by atoms with E-state index in [0.29, 0.717) is 19.5 Å². The number of carbonyl (C=O) groups is 2. The third-order valence-electron chi connectivity index (χ3n) is 3.30. The zero-order valence-electron chi connectivity index (χ0n) is 11.4. The Hall–Kier alpha value is -0.790. The third kappa shape index (κ3) is 5.00. The van der Waals surface area contributed by atoms with Crippen molar-refractivity contribution in [2.75, 3.05) is 38.7 Å². The Kier molecular flexibility index (Phi) is 6.60. The molecule has 6 nitrogen and oxygen atoms in total. The van der Waals surface area contributed by atoms with Crippen molar-refractivity contribution in [3.05, 3.63) is 0 Å². The topological polar surface area (TPSA) is 81.1 Å². The van der Waals surface area contributed by atoms with Gasteiger partial charge < -0.3 is 15.1 Å². The number of hydrogen-bond donors (Lipinski definition) is 2. The number of likely N-dealkylation sites (N-methyl/N-ethyl adjacent to an activating group) is 1. The number of rotatable bonds is 7. The van der Waals surface area contributed by atoms with E-state index >= 15 is 0 Å². The molecule has 1 aliphatic heterocycles. The molecule has 0 bridgehead atoms. The summed E-state index contributed by atoms with van der Waals surface area (Å²) in [7, 11) is 1.66. The van der Waals surface area contributed by atoms with Gasteiger partial charge in [-0.05, 0) is 25.5 Å². The molecule has 2 N–H and O–H groups in total. The van der Waals surface area contributed by atoms with E-state index in [9.17, 15) is 14.7 Å². The van der Waals surface area contributed by atoms with Crippen molar-refractivity contribution in [1.29, 1.82) is 0 Å². The summed E-state index contributed by atoms with van der Waals surface area (Å²) in [6.07, 6.45) is 2.65. The maximum absolute atomic E-state index is 11.9. The van der Waals surface area contributed by atoms with Crippen LogP contribution in [-0.4, -0.2) is 82.7 Å². The Bertz CT molecular complexity index is 327. The molecule has 0 radical (unpaired) electrons. The van der Waals surface area contributed by atoms with Gasteiger partial charge in [0.1, 0.15) is 0 Å². The number of carbonyl (C=O) groups excluding carboxylic acids is 1. The smallest absolute Gasteiger partial charge is 0.317 e. The van der Waals surface area contributed by atoms with Crippen LogP contribution < -0.4 is 0 Å². The molecule has 7 heteroatoms. The fraction of sp³-hybridized carbons (Fsp3) is 0.833. The number of hydrogen-bond acceptors (Lipinski definition) is 5. The molecule has 0 spiro atoms. The van der Waals surface area contributed by atoms with Gasteiger partial charge in [0.2, 0.25) is 5.91 Å². The molecule has 0 aliphatic carbocycles. The van der Waals surface area contributed by atoms with Gasteiger partial charge in [-0.25, -0.2) is 0 Å². The van der Waals surface area contributed by atoms with E-state index in [1.54, 1.807) is 28.6 Å². The zero-order valence-corrected chi connectivity index (χ0v) is 12.2. The van der Waals surface area contributed by atoms with Crippen LogP contribution in [0.1, 0.15) is 12.8 Å². The number of aliphatic hydroxyl groups is 1. The summed E-state index contributed by atoms with van der Waals surface area (Å²) in [4.78, 5) is 25.8. The predicted octanol–water partition coefficient (Wildman–Crippen LogP) is -0.282. The van der Waals surface area contributed by atoms with Crippen LogP contribution in [0.15, 0.2) is 0 Å². The third-order valence-corrected chi connectivity index (χ3v) is 4.00. The van der Waals surface area contributed by atoms with Gasteiger partial charge in [-0.1, -0.05) is 0 Å². The van der Waals surface area contributed by atoms with Crippen molar-refractivity contribution in [2.45, 2.75) is 25.0 Å². The van der Waals surface area contributed by atoms with Crippen LogP contribution in [0.2, 0.25) is 0 Å². The van der Waals surface area contributed by atoms with E-state index < -0.39 is 12.1 Å². The lowest BCUT2D eigenvalue weighted by Gasteiger charge is -2.24. The second-order valence-corrected chi connectivity index (χ2v) is 5.82. The van der Waals surface area contributed by atoms with Crippen molar-refractivity contribution < 1.29 is 19.8 Å². The van der Waals surface area contributed by atoms with Gasteiger partial charge >= 0.3 is 5.97 Å². The highest BCUT2D eigenvalue weighted by Gasteiger charge is 2.36. The maximum atomic E-state index is 11.9. The molecule has 1 aliphatic rings. The number of thioether (sulfide) groups is 1. The summed E-state index contributed by atoms with van der Waals surface area (Å²) < 4.78 is 0. The standard InChI is InChI=1S/C12H22N2O4S/c1-13(8-12(17)18)9-6-14(7-10(9)15)11(16)4-3-5-19-2/h9-10,15H,3-8H2,1-2H3,(H,17,18)/t9?,10-/m1/s1. The Labute approximate surface area is 117 Å². The van der Waals surface area contributed by atoms with E-state index in [0.717, 1.165) is 12.2 Å². The van der Waals surface area contributed by atoms with Crippen molar-refractivity contribution >= 4 is 23.6 Å². The lowest BCUT2D eigenvalue weighted by molar-refractivity contribution is -0.138. The van der Waals surface area contributed by atoms with Crippen LogP contribution in [0.4, 0.5) is 0 Å².